The predicted octanol–water partition coefficient (Wildman–Crippen LogP) is 3.25. The van der Waals surface area contributed by atoms with Crippen LogP contribution < -0.4 is 5.32 Å². The van der Waals surface area contributed by atoms with Crippen LogP contribution in [0.1, 0.15) is 18.4 Å². The Morgan fingerprint density at radius 3 is 2.67 bits per heavy atom. The van der Waals surface area contributed by atoms with Gasteiger partial charge in [0.05, 0.1) is 6.61 Å². The summed E-state index contributed by atoms with van der Waals surface area (Å²) >= 11 is 3.49. The molecule has 0 amide bonds. The lowest BCUT2D eigenvalue weighted by atomic mass is 9.95. The van der Waals surface area contributed by atoms with Crippen molar-refractivity contribution in [3.05, 3.63) is 34.3 Å². The van der Waals surface area contributed by atoms with Gasteiger partial charge in [-0.3, -0.25) is 0 Å². The molecule has 2 rings (SSSR count). The van der Waals surface area contributed by atoms with Crippen molar-refractivity contribution >= 4 is 15.9 Å². The summed E-state index contributed by atoms with van der Waals surface area (Å²) in [5.74, 6) is 1.71. The zero-order valence-corrected chi connectivity index (χ0v) is 12.6. The second kappa shape index (κ2) is 7.27. The van der Waals surface area contributed by atoms with Crippen molar-refractivity contribution in [2.75, 3.05) is 26.8 Å². The van der Waals surface area contributed by atoms with Crippen LogP contribution in [0.3, 0.4) is 0 Å². The maximum Gasteiger partial charge on any atom is 0.0587 e. The number of rotatable bonds is 8. The summed E-state index contributed by atoms with van der Waals surface area (Å²) in [7, 11) is 1.75. The minimum atomic E-state index is 0.781. The lowest BCUT2D eigenvalue weighted by molar-refractivity contribution is 0.197. The normalized spacial score (nSPS) is 16.8. The zero-order valence-electron chi connectivity index (χ0n) is 11.0. The molecule has 2 nitrogen and oxygen atoms in total. The Hall–Kier alpha value is -0.380. The van der Waals surface area contributed by atoms with Gasteiger partial charge in [-0.05, 0) is 55.3 Å². The van der Waals surface area contributed by atoms with E-state index in [1.165, 1.54) is 24.8 Å². The zero-order chi connectivity index (χ0) is 12.8. The van der Waals surface area contributed by atoms with Crippen LogP contribution in [0.4, 0.5) is 0 Å². The highest BCUT2D eigenvalue weighted by atomic mass is 79.9. The first kappa shape index (κ1) is 14.0. The molecular weight excluding hydrogens is 290 g/mol. The van der Waals surface area contributed by atoms with Crippen molar-refractivity contribution in [2.24, 2.45) is 11.8 Å². The molecule has 0 saturated heterocycles. The summed E-state index contributed by atoms with van der Waals surface area (Å²) in [4.78, 5) is 0. The maximum absolute atomic E-state index is 5.06. The minimum Gasteiger partial charge on any atom is -0.383 e. The van der Waals surface area contributed by atoms with Gasteiger partial charge in [0.25, 0.3) is 0 Å². The van der Waals surface area contributed by atoms with Crippen molar-refractivity contribution in [1.29, 1.82) is 0 Å². The molecule has 1 atom stereocenters. The lowest BCUT2D eigenvalue weighted by Crippen LogP contribution is -2.28. The van der Waals surface area contributed by atoms with Crippen LogP contribution in [0.2, 0.25) is 0 Å². The molecule has 1 saturated carbocycles. The summed E-state index contributed by atoms with van der Waals surface area (Å²) in [6.07, 6.45) is 4.01. The van der Waals surface area contributed by atoms with Gasteiger partial charge in [0, 0.05) is 18.1 Å². The molecule has 0 heterocycles. The number of ether oxygens (including phenoxy) is 1. The van der Waals surface area contributed by atoms with E-state index in [0.29, 0.717) is 0 Å². The first-order valence-electron chi connectivity index (χ1n) is 6.73. The fourth-order valence-electron chi connectivity index (χ4n) is 2.36. The average Bonchev–Trinajstić information content (AvgIpc) is 3.20. The van der Waals surface area contributed by atoms with Crippen LogP contribution in [0.5, 0.6) is 0 Å². The number of nitrogens with one attached hydrogen (secondary N) is 1. The third-order valence-corrected chi connectivity index (χ3v) is 4.12. The molecule has 1 N–H and O–H groups in total. The molecule has 1 fully saturated rings. The average molecular weight is 312 g/mol. The standard InChI is InChI=1S/C15H22BrNO/c1-18-9-8-17-11-14(13-4-5-13)10-12-2-6-15(16)7-3-12/h2-3,6-7,13-14,17H,4-5,8-11H2,1H3. The van der Waals surface area contributed by atoms with E-state index in [2.05, 4.69) is 45.5 Å². The summed E-state index contributed by atoms with van der Waals surface area (Å²) in [5, 5.41) is 3.51. The van der Waals surface area contributed by atoms with Crippen LogP contribution in [0, 0.1) is 11.8 Å². The fourth-order valence-corrected chi connectivity index (χ4v) is 2.62. The molecule has 1 unspecified atom stereocenters. The Morgan fingerprint density at radius 1 is 1.33 bits per heavy atom. The van der Waals surface area contributed by atoms with E-state index < -0.39 is 0 Å². The molecule has 3 heteroatoms. The van der Waals surface area contributed by atoms with Crippen LogP contribution in [-0.4, -0.2) is 26.8 Å². The molecule has 1 aromatic carbocycles. The third kappa shape index (κ3) is 4.71. The van der Waals surface area contributed by atoms with Gasteiger partial charge < -0.3 is 10.1 Å². The molecular formula is C15H22BrNO. The van der Waals surface area contributed by atoms with Crippen molar-refractivity contribution in [3.8, 4) is 0 Å². The van der Waals surface area contributed by atoms with Gasteiger partial charge >= 0.3 is 0 Å². The molecule has 0 spiro atoms. The van der Waals surface area contributed by atoms with Gasteiger partial charge in [0.15, 0.2) is 0 Å². The third-order valence-electron chi connectivity index (χ3n) is 3.59. The van der Waals surface area contributed by atoms with Gasteiger partial charge in [-0.15, -0.1) is 0 Å². The van der Waals surface area contributed by atoms with Crippen LogP contribution in [0.15, 0.2) is 28.7 Å². The van der Waals surface area contributed by atoms with Gasteiger partial charge in [-0.25, -0.2) is 0 Å². The fraction of sp³-hybridized carbons (Fsp3) is 0.600. The van der Waals surface area contributed by atoms with Crippen LogP contribution >= 0.6 is 15.9 Å². The highest BCUT2D eigenvalue weighted by Gasteiger charge is 2.30. The van der Waals surface area contributed by atoms with Crippen molar-refractivity contribution in [2.45, 2.75) is 19.3 Å². The molecule has 18 heavy (non-hydrogen) atoms. The number of benzene rings is 1. The van der Waals surface area contributed by atoms with E-state index in [9.17, 15) is 0 Å². The van der Waals surface area contributed by atoms with E-state index in [4.69, 9.17) is 4.74 Å². The van der Waals surface area contributed by atoms with E-state index in [-0.39, 0.29) is 0 Å². The number of hydrogen-bond acceptors (Lipinski definition) is 2. The van der Waals surface area contributed by atoms with E-state index in [0.717, 1.165) is 36.0 Å². The Balaban J connectivity index is 1.80. The first-order valence-corrected chi connectivity index (χ1v) is 7.53. The second-order valence-electron chi connectivity index (χ2n) is 5.13. The Bertz CT molecular complexity index is 348. The van der Waals surface area contributed by atoms with E-state index in [1.54, 1.807) is 7.11 Å². The molecule has 0 bridgehead atoms. The topological polar surface area (TPSA) is 21.3 Å². The Labute approximate surface area is 118 Å². The van der Waals surface area contributed by atoms with Crippen LogP contribution in [0.25, 0.3) is 0 Å². The predicted molar refractivity (Wildman–Crippen MR) is 78.8 cm³/mol. The smallest absolute Gasteiger partial charge is 0.0587 e. The summed E-state index contributed by atoms with van der Waals surface area (Å²) < 4.78 is 6.22. The summed E-state index contributed by atoms with van der Waals surface area (Å²) in [5.41, 5.74) is 1.45. The quantitative estimate of drug-likeness (QED) is 0.744. The molecule has 1 aliphatic rings. The van der Waals surface area contributed by atoms with Gasteiger partial charge in [-0.1, -0.05) is 28.1 Å². The second-order valence-corrected chi connectivity index (χ2v) is 6.04. The van der Waals surface area contributed by atoms with E-state index in [1.807, 2.05) is 0 Å². The number of hydrogen-bond donors (Lipinski definition) is 1. The SMILES string of the molecule is COCCNCC(Cc1ccc(Br)cc1)C1CC1. The Kier molecular flexibility index (Phi) is 5.67. The monoisotopic (exact) mass is 311 g/mol. The highest BCUT2D eigenvalue weighted by molar-refractivity contribution is 9.10. The lowest BCUT2D eigenvalue weighted by Gasteiger charge is -2.17. The van der Waals surface area contributed by atoms with E-state index >= 15 is 0 Å². The molecule has 1 aliphatic carbocycles. The maximum atomic E-state index is 5.06. The molecule has 0 aromatic heterocycles. The van der Waals surface area contributed by atoms with Gasteiger partial charge in [-0.2, -0.15) is 0 Å². The minimum absolute atomic E-state index is 0.781. The van der Waals surface area contributed by atoms with Gasteiger partial charge in [0.2, 0.25) is 0 Å². The summed E-state index contributed by atoms with van der Waals surface area (Å²) in [6, 6.07) is 8.73. The summed E-state index contributed by atoms with van der Waals surface area (Å²) in [6.45, 7) is 2.87. The van der Waals surface area contributed by atoms with Crippen molar-refractivity contribution < 1.29 is 4.74 Å². The number of halogens is 1. The molecule has 0 aliphatic heterocycles. The van der Waals surface area contributed by atoms with Crippen LogP contribution in [-0.2, 0) is 11.2 Å². The van der Waals surface area contributed by atoms with Gasteiger partial charge in [0.1, 0.15) is 0 Å². The molecule has 100 valence electrons. The van der Waals surface area contributed by atoms with Crippen molar-refractivity contribution in [1.82, 2.24) is 5.32 Å². The Morgan fingerprint density at radius 2 is 2.06 bits per heavy atom. The molecule has 1 aromatic rings. The number of methoxy groups -OCH3 is 1. The molecule has 0 radical (unpaired) electrons. The largest absolute Gasteiger partial charge is 0.383 e. The first-order chi connectivity index (χ1) is 8.79. The van der Waals surface area contributed by atoms with Crippen molar-refractivity contribution in [3.63, 3.8) is 0 Å². The highest BCUT2D eigenvalue weighted by Crippen LogP contribution is 2.38.